The summed E-state index contributed by atoms with van der Waals surface area (Å²) in [7, 11) is 0. The molecule has 0 saturated heterocycles. The maximum atomic E-state index is 10.8. The van der Waals surface area contributed by atoms with E-state index in [-0.39, 0.29) is 5.78 Å². The highest BCUT2D eigenvalue weighted by atomic mass is 16.5. The lowest BCUT2D eigenvalue weighted by atomic mass is 10.1. The average molecular weight is 206 g/mol. The van der Waals surface area contributed by atoms with Crippen LogP contribution in [0.1, 0.15) is 32.3 Å². The van der Waals surface area contributed by atoms with Crippen LogP contribution in [0.3, 0.4) is 0 Å². The predicted octanol–water partition coefficient (Wildman–Crippen LogP) is 3.00. The molecule has 82 valence electrons. The van der Waals surface area contributed by atoms with E-state index in [4.69, 9.17) is 4.74 Å². The van der Waals surface area contributed by atoms with E-state index in [9.17, 15) is 4.79 Å². The SMILES string of the molecule is CCCOc1ccc(CCC(C)=O)cc1. The topological polar surface area (TPSA) is 26.3 Å². The first kappa shape index (κ1) is 11.8. The highest BCUT2D eigenvalue weighted by molar-refractivity contribution is 5.75. The van der Waals surface area contributed by atoms with Crippen LogP contribution in [0.5, 0.6) is 5.75 Å². The number of Topliss-reactive ketones (excluding diaryl/α,β-unsaturated/α-hetero) is 1. The highest BCUT2D eigenvalue weighted by Gasteiger charge is 1.97. The lowest BCUT2D eigenvalue weighted by Crippen LogP contribution is -1.96. The molecule has 0 atom stereocenters. The van der Waals surface area contributed by atoms with Gasteiger partial charge in [-0.15, -0.1) is 0 Å². The van der Waals surface area contributed by atoms with E-state index in [1.165, 1.54) is 5.56 Å². The normalized spacial score (nSPS) is 10.0. The molecule has 0 aliphatic carbocycles. The van der Waals surface area contributed by atoms with Crippen molar-refractivity contribution in [2.45, 2.75) is 33.1 Å². The lowest BCUT2D eigenvalue weighted by molar-refractivity contribution is -0.116. The van der Waals surface area contributed by atoms with Crippen molar-refractivity contribution in [1.82, 2.24) is 0 Å². The Labute approximate surface area is 91.3 Å². The fourth-order valence-electron chi connectivity index (χ4n) is 1.29. The zero-order chi connectivity index (χ0) is 11.1. The van der Waals surface area contributed by atoms with Gasteiger partial charge in [-0.25, -0.2) is 0 Å². The summed E-state index contributed by atoms with van der Waals surface area (Å²) >= 11 is 0. The van der Waals surface area contributed by atoms with Crippen LogP contribution in [0.15, 0.2) is 24.3 Å². The minimum absolute atomic E-state index is 0.237. The summed E-state index contributed by atoms with van der Waals surface area (Å²) in [6.07, 6.45) is 2.46. The van der Waals surface area contributed by atoms with Crippen molar-refractivity contribution in [2.75, 3.05) is 6.61 Å². The molecule has 0 aliphatic heterocycles. The molecule has 0 aromatic heterocycles. The summed E-state index contributed by atoms with van der Waals surface area (Å²) in [5.74, 6) is 1.14. The average Bonchev–Trinajstić information content (AvgIpc) is 2.25. The predicted molar refractivity (Wildman–Crippen MR) is 61.2 cm³/mol. The van der Waals surface area contributed by atoms with E-state index < -0.39 is 0 Å². The lowest BCUT2D eigenvalue weighted by Gasteiger charge is -2.05. The Hall–Kier alpha value is -1.31. The quantitative estimate of drug-likeness (QED) is 0.715. The fraction of sp³-hybridized carbons (Fsp3) is 0.462. The number of hydrogen-bond acceptors (Lipinski definition) is 2. The summed E-state index contributed by atoms with van der Waals surface area (Å²) in [5, 5.41) is 0. The van der Waals surface area contributed by atoms with E-state index in [1.807, 2.05) is 24.3 Å². The Morgan fingerprint density at radius 1 is 1.27 bits per heavy atom. The van der Waals surface area contributed by atoms with Gasteiger partial charge in [-0.05, 0) is 37.5 Å². The molecular formula is C13H18O2. The molecule has 0 spiro atoms. The molecule has 0 saturated carbocycles. The van der Waals surface area contributed by atoms with Crippen LogP contribution in [0.4, 0.5) is 0 Å². The molecule has 0 aliphatic rings. The Morgan fingerprint density at radius 3 is 2.47 bits per heavy atom. The number of carbonyl (C=O) groups excluding carboxylic acids is 1. The smallest absolute Gasteiger partial charge is 0.130 e. The second kappa shape index (κ2) is 6.23. The van der Waals surface area contributed by atoms with Crippen LogP contribution >= 0.6 is 0 Å². The van der Waals surface area contributed by atoms with Gasteiger partial charge in [-0.3, -0.25) is 0 Å². The fourth-order valence-corrected chi connectivity index (χ4v) is 1.29. The van der Waals surface area contributed by atoms with E-state index in [1.54, 1.807) is 6.92 Å². The number of aryl methyl sites for hydroxylation is 1. The first-order valence-corrected chi connectivity index (χ1v) is 5.43. The van der Waals surface area contributed by atoms with Gasteiger partial charge in [0.05, 0.1) is 6.61 Å². The van der Waals surface area contributed by atoms with E-state index in [2.05, 4.69) is 6.92 Å². The number of carbonyl (C=O) groups is 1. The van der Waals surface area contributed by atoms with Crippen molar-refractivity contribution in [3.63, 3.8) is 0 Å². The molecule has 1 aromatic rings. The van der Waals surface area contributed by atoms with Crippen LogP contribution in [0, 0.1) is 0 Å². The Balaban J connectivity index is 2.45. The third-order valence-corrected chi connectivity index (χ3v) is 2.16. The molecule has 0 bridgehead atoms. The standard InChI is InChI=1S/C13H18O2/c1-3-10-15-13-8-6-12(7-9-13)5-4-11(2)14/h6-9H,3-5,10H2,1-2H3. The number of ether oxygens (including phenoxy) is 1. The van der Waals surface area contributed by atoms with Crippen molar-refractivity contribution >= 4 is 5.78 Å². The number of hydrogen-bond donors (Lipinski definition) is 0. The number of rotatable bonds is 6. The van der Waals surface area contributed by atoms with Crippen LogP contribution in [0.2, 0.25) is 0 Å². The van der Waals surface area contributed by atoms with Crippen molar-refractivity contribution in [2.24, 2.45) is 0 Å². The maximum Gasteiger partial charge on any atom is 0.130 e. The number of ketones is 1. The van der Waals surface area contributed by atoms with Crippen LogP contribution in [-0.4, -0.2) is 12.4 Å². The van der Waals surface area contributed by atoms with Gasteiger partial charge >= 0.3 is 0 Å². The summed E-state index contributed by atoms with van der Waals surface area (Å²) in [6, 6.07) is 7.97. The molecule has 15 heavy (non-hydrogen) atoms. The van der Waals surface area contributed by atoms with Crippen molar-refractivity contribution in [3.05, 3.63) is 29.8 Å². The van der Waals surface area contributed by atoms with Crippen molar-refractivity contribution in [1.29, 1.82) is 0 Å². The second-order valence-electron chi connectivity index (χ2n) is 3.69. The Morgan fingerprint density at radius 2 is 1.93 bits per heavy atom. The molecule has 1 rings (SSSR count). The number of benzene rings is 1. The Kier molecular flexibility index (Phi) is 4.88. The van der Waals surface area contributed by atoms with Gasteiger partial charge in [0, 0.05) is 6.42 Å². The van der Waals surface area contributed by atoms with Gasteiger partial charge in [-0.2, -0.15) is 0 Å². The molecule has 0 unspecified atom stereocenters. The molecule has 2 nitrogen and oxygen atoms in total. The summed E-state index contributed by atoms with van der Waals surface area (Å²) in [6.45, 7) is 4.47. The third-order valence-electron chi connectivity index (χ3n) is 2.16. The van der Waals surface area contributed by atoms with E-state index in [0.29, 0.717) is 6.42 Å². The zero-order valence-corrected chi connectivity index (χ0v) is 9.45. The van der Waals surface area contributed by atoms with Crippen LogP contribution < -0.4 is 4.74 Å². The minimum atomic E-state index is 0.237. The monoisotopic (exact) mass is 206 g/mol. The minimum Gasteiger partial charge on any atom is -0.494 e. The van der Waals surface area contributed by atoms with E-state index in [0.717, 1.165) is 25.2 Å². The third kappa shape index (κ3) is 4.63. The summed E-state index contributed by atoms with van der Waals surface area (Å²) in [5.41, 5.74) is 1.19. The molecule has 0 amide bonds. The van der Waals surface area contributed by atoms with Gasteiger partial charge in [0.2, 0.25) is 0 Å². The molecule has 0 heterocycles. The summed E-state index contributed by atoms with van der Waals surface area (Å²) < 4.78 is 5.47. The highest BCUT2D eigenvalue weighted by Crippen LogP contribution is 2.13. The maximum absolute atomic E-state index is 10.8. The van der Waals surface area contributed by atoms with Gasteiger partial charge in [0.15, 0.2) is 0 Å². The second-order valence-corrected chi connectivity index (χ2v) is 3.69. The molecule has 2 heteroatoms. The Bertz CT molecular complexity index is 301. The van der Waals surface area contributed by atoms with Crippen LogP contribution in [-0.2, 0) is 11.2 Å². The van der Waals surface area contributed by atoms with Crippen LogP contribution in [0.25, 0.3) is 0 Å². The molecule has 0 fully saturated rings. The van der Waals surface area contributed by atoms with Crippen molar-refractivity contribution in [3.8, 4) is 5.75 Å². The molecule has 0 radical (unpaired) electrons. The van der Waals surface area contributed by atoms with Gasteiger partial charge in [-0.1, -0.05) is 19.1 Å². The largest absolute Gasteiger partial charge is 0.494 e. The zero-order valence-electron chi connectivity index (χ0n) is 9.45. The summed E-state index contributed by atoms with van der Waals surface area (Å²) in [4.78, 5) is 10.8. The van der Waals surface area contributed by atoms with E-state index >= 15 is 0 Å². The van der Waals surface area contributed by atoms with Gasteiger partial charge < -0.3 is 9.53 Å². The molecule has 0 N–H and O–H groups in total. The molecular weight excluding hydrogens is 188 g/mol. The molecule has 1 aromatic carbocycles. The first-order valence-electron chi connectivity index (χ1n) is 5.43. The van der Waals surface area contributed by atoms with Crippen molar-refractivity contribution < 1.29 is 9.53 Å². The van der Waals surface area contributed by atoms with Gasteiger partial charge in [0.1, 0.15) is 11.5 Å². The van der Waals surface area contributed by atoms with Gasteiger partial charge in [0.25, 0.3) is 0 Å². The first-order chi connectivity index (χ1) is 7.22.